The summed E-state index contributed by atoms with van der Waals surface area (Å²) < 4.78 is 7.48. The van der Waals surface area contributed by atoms with E-state index in [4.69, 9.17) is 9.72 Å². The molecule has 0 unspecified atom stereocenters. The lowest BCUT2D eigenvalue weighted by atomic mass is 10.2. The molecule has 4 nitrogen and oxygen atoms in total. The number of fused-ring (bicyclic) bond motifs is 1. The Kier molecular flexibility index (Phi) is 6.07. The molecule has 3 heterocycles. The van der Waals surface area contributed by atoms with Gasteiger partial charge in [-0.15, -0.1) is 11.3 Å². The van der Waals surface area contributed by atoms with Crippen LogP contribution in [0.15, 0.2) is 78.9 Å². The molecule has 5 heteroatoms. The van der Waals surface area contributed by atoms with Gasteiger partial charge in [0.15, 0.2) is 0 Å². The average molecular weight is 464 g/mol. The number of thiophene rings is 1. The number of aryl methyl sites for hydroxylation is 2. The fourth-order valence-electron chi connectivity index (χ4n) is 3.98. The van der Waals surface area contributed by atoms with Crippen molar-refractivity contribution in [2.24, 2.45) is 0 Å². The maximum absolute atomic E-state index is 5.29. The van der Waals surface area contributed by atoms with Crippen molar-refractivity contribution in [3.63, 3.8) is 0 Å². The Morgan fingerprint density at radius 3 is 2.50 bits per heavy atom. The van der Waals surface area contributed by atoms with E-state index in [1.165, 1.54) is 11.1 Å². The second kappa shape index (κ2) is 9.46. The first-order chi connectivity index (χ1) is 16.6. The molecule has 0 spiro atoms. The van der Waals surface area contributed by atoms with E-state index < -0.39 is 0 Å². The first-order valence-corrected chi connectivity index (χ1v) is 12.0. The van der Waals surface area contributed by atoms with E-state index in [9.17, 15) is 0 Å². The Balaban J connectivity index is 1.51. The van der Waals surface area contributed by atoms with E-state index >= 15 is 0 Å². The number of anilines is 1. The molecular formula is C29H25N3OS. The van der Waals surface area contributed by atoms with Crippen molar-refractivity contribution in [1.82, 2.24) is 9.38 Å². The van der Waals surface area contributed by atoms with Crippen LogP contribution >= 0.6 is 11.3 Å². The number of rotatable bonds is 5. The van der Waals surface area contributed by atoms with Gasteiger partial charge in [0.25, 0.3) is 0 Å². The SMILES string of the molecule is COc1ccc(CNc2c(-c3ccc(C#Cc4ccccc4)s3)nc3cc(C)cc(C)n23)cc1. The Hall–Kier alpha value is -4.01. The van der Waals surface area contributed by atoms with Crippen molar-refractivity contribution < 1.29 is 4.74 Å². The lowest BCUT2D eigenvalue weighted by Crippen LogP contribution is -2.05. The molecule has 0 aliphatic heterocycles. The van der Waals surface area contributed by atoms with Crippen LogP contribution in [0, 0.1) is 25.7 Å². The summed E-state index contributed by atoms with van der Waals surface area (Å²) in [5.74, 6) is 8.39. The number of methoxy groups -OCH3 is 1. The van der Waals surface area contributed by atoms with Crippen LogP contribution < -0.4 is 10.1 Å². The number of imidazole rings is 1. The number of hydrogen-bond donors (Lipinski definition) is 1. The minimum absolute atomic E-state index is 0.685. The average Bonchev–Trinajstić information content (AvgIpc) is 3.47. The molecule has 3 aromatic heterocycles. The monoisotopic (exact) mass is 463 g/mol. The van der Waals surface area contributed by atoms with Gasteiger partial charge in [-0.1, -0.05) is 42.2 Å². The van der Waals surface area contributed by atoms with Crippen molar-refractivity contribution in [1.29, 1.82) is 0 Å². The van der Waals surface area contributed by atoms with Gasteiger partial charge in [0, 0.05) is 17.8 Å². The van der Waals surface area contributed by atoms with Crippen molar-refractivity contribution in [2.45, 2.75) is 20.4 Å². The van der Waals surface area contributed by atoms with Crippen LogP contribution in [-0.4, -0.2) is 16.5 Å². The Morgan fingerprint density at radius 2 is 1.74 bits per heavy atom. The van der Waals surface area contributed by atoms with E-state index in [-0.39, 0.29) is 0 Å². The van der Waals surface area contributed by atoms with E-state index in [0.29, 0.717) is 6.54 Å². The van der Waals surface area contributed by atoms with Crippen molar-refractivity contribution in [3.8, 4) is 28.2 Å². The summed E-state index contributed by atoms with van der Waals surface area (Å²) in [6.45, 7) is 4.91. The lowest BCUT2D eigenvalue weighted by molar-refractivity contribution is 0.414. The van der Waals surface area contributed by atoms with Crippen molar-refractivity contribution >= 4 is 22.8 Å². The molecule has 1 N–H and O–H groups in total. The molecule has 0 aliphatic carbocycles. The fourth-order valence-corrected chi connectivity index (χ4v) is 4.83. The highest BCUT2D eigenvalue weighted by Gasteiger charge is 2.17. The molecule has 168 valence electrons. The van der Waals surface area contributed by atoms with E-state index in [1.807, 2.05) is 42.5 Å². The van der Waals surface area contributed by atoms with Crippen LogP contribution in [0.3, 0.4) is 0 Å². The van der Waals surface area contributed by atoms with Gasteiger partial charge < -0.3 is 10.1 Å². The van der Waals surface area contributed by atoms with Gasteiger partial charge in [-0.05, 0) is 73.5 Å². The molecule has 0 fully saturated rings. The standard InChI is InChI=1S/C29H25N3OS/c1-20-17-21(2)32-27(18-20)31-28(29(32)30-19-23-9-12-24(33-3)13-10-23)26-16-15-25(34-26)14-11-22-7-5-4-6-8-22/h4-10,12-13,15-18,30H,19H2,1-3H3. The summed E-state index contributed by atoms with van der Waals surface area (Å²) in [5.41, 5.74) is 6.41. The van der Waals surface area contributed by atoms with Crippen molar-refractivity contribution in [2.75, 3.05) is 12.4 Å². The number of aromatic nitrogens is 2. The molecule has 5 aromatic rings. The summed E-state index contributed by atoms with van der Waals surface area (Å²) >= 11 is 1.67. The molecule has 34 heavy (non-hydrogen) atoms. The van der Waals surface area contributed by atoms with Crippen LogP contribution in [-0.2, 0) is 6.54 Å². The number of benzene rings is 2. The summed E-state index contributed by atoms with van der Waals surface area (Å²) in [5, 5.41) is 3.65. The number of nitrogens with one attached hydrogen (secondary N) is 1. The van der Waals surface area contributed by atoms with Gasteiger partial charge in [-0.3, -0.25) is 4.40 Å². The first kappa shape index (κ1) is 21.8. The minimum Gasteiger partial charge on any atom is -0.497 e. The normalized spacial score (nSPS) is 10.7. The fraction of sp³-hybridized carbons (Fsp3) is 0.138. The first-order valence-electron chi connectivity index (χ1n) is 11.1. The highest BCUT2D eigenvalue weighted by atomic mass is 32.1. The Bertz CT molecular complexity index is 1500. The summed E-state index contributed by atoms with van der Waals surface area (Å²) in [4.78, 5) is 7.13. The van der Waals surface area contributed by atoms with Gasteiger partial charge in [-0.25, -0.2) is 4.98 Å². The number of hydrogen-bond acceptors (Lipinski definition) is 4. The zero-order valence-corrected chi connectivity index (χ0v) is 20.2. The predicted molar refractivity (Wildman–Crippen MR) is 141 cm³/mol. The number of ether oxygens (including phenoxy) is 1. The zero-order chi connectivity index (χ0) is 23.5. The van der Waals surface area contributed by atoms with Gasteiger partial charge in [0.1, 0.15) is 22.9 Å². The van der Waals surface area contributed by atoms with Crippen LogP contribution in [0.25, 0.3) is 16.2 Å². The number of pyridine rings is 1. The Labute approximate surface area is 203 Å². The predicted octanol–water partition coefficient (Wildman–Crippen LogP) is 6.70. The third-order valence-corrected chi connectivity index (χ3v) is 6.62. The third-order valence-electron chi connectivity index (χ3n) is 5.61. The summed E-state index contributed by atoms with van der Waals surface area (Å²) in [7, 11) is 1.68. The smallest absolute Gasteiger partial charge is 0.140 e. The van der Waals surface area contributed by atoms with Crippen molar-refractivity contribution in [3.05, 3.63) is 106 Å². The van der Waals surface area contributed by atoms with Gasteiger partial charge in [-0.2, -0.15) is 0 Å². The minimum atomic E-state index is 0.685. The molecule has 0 atom stereocenters. The molecule has 0 bridgehead atoms. The highest BCUT2D eigenvalue weighted by molar-refractivity contribution is 7.16. The van der Waals surface area contributed by atoms with E-state index in [1.54, 1.807) is 18.4 Å². The third kappa shape index (κ3) is 4.54. The summed E-state index contributed by atoms with van der Waals surface area (Å²) in [6.07, 6.45) is 0. The van der Waals surface area contributed by atoms with Gasteiger partial charge >= 0.3 is 0 Å². The zero-order valence-electron chi connectivity index (χ0n) is 19.4. The largest absolute Gasteiger partial charge is 0.497 e. The molecule has 0 amide bonds. The second-order valence-electron chi connectivity index (χ2n) is 8.16. The maximum atomic E-state index is 5.29. The molecule has 0 radical (unpaired) electrons. The molecule has 5 rings (SSSR count). The lowest BCUT2D eigenvalue weighted by Gasteiger charge is -2.11. The van der Waals surface area contributed by atoms with Crippen LogP contribution in [0.5, 0.6) is 5.75 Å². The quantitative estimate of drug-likeness (QED) is 0.295. The Morgan fingerprint density at radius 1 is 0.941 bits per heavy atom. The molecular weight excluding hydrogens is 438 g/mol. The van der Waals surface area contributed by atoms with Gasteiger partial charge in [0.05, 0.1) is 16.9 Å². The van der Waals surface area contributed by atoms with Crippen LogP contribution in [0.1, 0.15) is 27.3 Å². The van der Waals surface area contributed by atoms with Crippen LogP contribution in [0.4, 0.5) is 5.82 Å². The number of nitrogens with zero attached hydrogens (tertiary/aromatic N) is 2. The molecule has 2 aromatic carbocycles. The topological polar surface area (TPSA) is 38.6 Å². The van der Waals surface area contributed by atoms with Crippen LogP contribution in [0.2, 0.25) is 0 Å². The van der Waals surface area contributed by atoms with Gasteiger partial charge in [0.2, 0.25) is 0 Å². The molecule has 0 aliphatic rings. The molecule has 0 saturated heterocycles. The van der Waals surface area contributed by atoms with E-state index in [2.05, 4.69) is 71.8 Å². The van der Waals surface area contributed by atoms with E-state index in [0.717, 1.165) is 43.9 Å². The summed E-state index contributed by atoms with van der Waals surface area (Å²) in [6, 6.07) is 26.7. The molecule has 0 saturated carbocycles. The maximum Gasteiger partial charge on any atom is 0.140 e. The highest BCUT2D eigenvalue weighted by Crippen LogP contribution is 2.35. The second-order valence-corrected chi connectivity index (χ2v) is 9.24.